The molecule has 8 heteroatoms. The van der Waals surface area contributed by atoms with Crippen LogP contribution in [-0.2, 0) is 4.79 Å². The van der Waals surface area contributed by atoms with Crippen molar-refractivity contribution in [3.05, 3.63) is 34.4 Å². The van der Waals surface area contributed by atoms with Gasteiger partial charge in [-0.15, -0.1) is 0 Å². The molecule has 0 aromatic heterocycles. The van der Waals surface area contributed by atoms with Crippen molar-refractivity contribution >= 4 is 45.6 Å². The maximum atomic E-state index is 11.8. The average molecular weight is 325 g/mol. The lowest BCUT2D eigenvalue weighted by Crippen LogP contribution is -2.25. The highest BCUT2D eigenvalue weighted by molar-refractivity contribution is 8.23. The number of amides is 1. The van der Waals surface area contributed by atoms with E-state index in [-0.39, 0.29) is 17.3 Å². The Morgan fingerprint density at radius 3 is 2.81 bits per heavy atom. The fraction of sp³-hybridized carbons (Fsp3) is 0.385. The number of thioether (sulfide) groups is 1. The maximum Gasteiger partial charge on any atom is 0.271 e. The van der Waals surface area contributed by atoms with Gasteiger partial charge in [0.05, 0.1) is 10.7 Å². The summed E-state index contributed by atoms with van der Waals surface area (Å²) < 4.78 is 0.738. The Hall–Kier alpha value is -1.67. The molecule has 1 aromatic carbocycles. The van der Waals surface area contributed by atoms with Crippen molar-refractivity contribution in [3.8, 4) is 0 Å². The van der Waals surface area contributed by atoms with Gasteiger partial charge in [-0.3, -0.25) is 14.9 Å². The van der Waals surface area contributed by atoms with Crippen LogP contribution in [-0.4, -0.2) is 38.9 Å². The van der Waals surface area contributed by atoms with Gasteiger partial charge in [0.1, 0.15) is 4.32 Å². The van der Waals surface area contributed by atoms with Crippen molar-refractivity contribution in [1.29, 1.82) is 0 Å². The third-order valence-corrected chi connectivity index (χ3v) is 4.56. The predicted octanol–water partition coefficient (Wildman–Crippen LogP) is 2.65. The highest BCUT2D eigenvalue weighted by Gasteiger charge is 2.16. The number of thiocarbonyl (C=S) groups is 1. The molecule has 0 unspecified atom stereocenters. The van der Waals surface area contributed by atoms with E-state index < -0.39 is 4.92 Å². The number of rotatable bonds is 4. The van der Waals surface area contributed by atoms with E-state index in [0.717, 1.165) is 30.3 Å². The number of nitro groups is 1. The summed E-state index contributed by atoms with van der Waals surface area (Å²) in [4.78, 5) is 24.1. The second-order valence-electron chi connectivity index (χ2n) is 4.60. The molecule has 1 aromatic rings. The monoisotopic (exact) mass is 325 g/mol. The zero-order valence-electron chi connectivity index (χ0n) is 11.3. The molecule has 0 spiro atoms. The van der Waals surface area contributed by atoms with Crippen LogP contribution < -0.4 is 5.32 Å². The number of carbonyl (C=O) groups excluding carboxylic acids is 1. The number of hydrogen-bond donors (Lipinski definition) is 1. The lowest BCUT2D eigenvalue weighted by molar-refractivity contribution is -0.384. The Bertz CT molecular complexity index is 559. The molecular formula is C13H15N3O3S2. The lowest BCUT2D eigenvalue weighted by Gasteiger charge is -2.17. The van der Waals surface area contributed by atoms with Crippen molar-refractivity contribution in [2.75, 3.05) is 24.2 Å². The van der Waals surface area contributed by atoms with E-state index in [1.807, 2.05) is 0 Å². The number of non-ortho nitro benzene ring substituents is 1. The quantitative estimate of drug-likeness (QED) is 0.521. The fourth-order valence-electron chi connectivity index (χ4n) is 2.01. The zero-order valence-corrected chi connectivity index (χ0v) is 12.9. The van der Waals surface area contributed by atoms with Gasteiger partial charge in [0.2, 0.25) is 5.91 Å². The summed E-state index contributed by atoms with van der Waals surface area (Å²) in [5.74, 6) is -0.0140. The van der Waals surface area contributed by atoms with Gasteiger partial charge in [-0.05, 0) is 18.9 Å². The molecule has 6 nitrogen and oxygen atoms in total. The fourth-order valence-corrected chi connectivity index (χ4v) is 3.06. The van der Waals surface area contributed by atoms with Crippen LogP contribution in [0.1, 0.15) is 12.8 Å². The maximum absolute atomic E-state index is 11.8. The second kappa shape index (κ2) is 7.37. The minimum atomic E-state index is -0.493. The Morgan fingerprint density at radius 1 is 1.43 bits per heavy atom. The zero-order chi connectivity index (χ0) is 15.2. The van der Waals surface area contributed by atoms with E-state index in [1.165, 1.54) is 30.0 Å². The minimum absolute atomic E-state index is 0.0481. The number of nitrogens with one attached hydrogen (secondary N) is 1. The van der Waals surface area contributed by atoms with E-state index in [4.69, 9.17) is 12.2 Å². The van der Waals surface area contributed by atoms with E-state index in [9.17, 15) is 14.9 Å². The summed E-state index contributed by atoms with van der Waals surface area (Å²) in [6, 6.07) is 5.87. The molecule has 0 atom stereocenters. The van der Waals surface area contributed by atoms with Crippen LogP contribution in [0.3, 0.4) is 0 Å². The van der Waals surface area contributed by atoms with Crippen LogP contribution in [0.4, 0.5) is 11.4 Å². The number of benzene rings is 1. The Kier molecular flexibility index (Phi) is 5.51. The van der Waals surface area contributed by atoms with Gasteiger partial charge in [0.25, 0.3) is 5.69 Å². The molecule has 0 radical (unpaired) electrons. The van der Waals surface area contributed by atoms with Crippen molar-refractivity contribution in [1.82, 2.24) is 4.90 Å². The molecular weight excluding hydrogens is 310 g/mol. The molecule has 1 aliphatic rings. The van der Waals surface area contributed by atoms with Gasteiger partial charge in [-0.1, -0.05) is 30.0 Å². The number of carbonyl (C=O) groups is 1. The van der Waals surface area contributed by atoms with Crippen molar-refractivity contribution in [2.24, 2.45) is 0 Å². The smallest absolute Gasteiger partial charge is 0.271 e. The largest absolute Gasteiger partial charge is 0.358 e. The van der Waals surface area contributed by atoms with Crippen molar-refractivity contribution in [3.63, 3.8) is 0 Å². The van der Waals surface area contributed by atoms with Crippen molar-refractivity contribution < 1.29 is 9.72 Å². The summed E-state index contributed by atoms with van der Waals surface area (Å²) in [6.07, 6.45) is 2.28. The molecule has 1 aliphatic heterocycles. The van der Waals surface area contributed by atoms with E-state index >= 15 is 0 Å². The first-order valence-corrected chi connectivity index (χ1v) is 7.91. The average Bonchev–Trinajstić information content (AvgIpc) is 2.99. The first kappa shape index (κ1) is 15.7. The van der Waals surface area contributed by atoms with E-state index in [1.54, 1.807) is 6.07 Å². The SMILES string of the molecule is O=C(CSC(=S)N1CCCC1)Nc1cccc([N+](=O)[O-])c1. The summed E-state index contributed by atoms with van der Waals surface area (Å²) in [7, 11) is 0. The topological polar surface area (TPSA) is 75.5 Å². The molecule has 1 amide bonds. The third-order valence-electron chi connectivity index (χ3n) is 3.03. The van der Waals surface area contributed by atoms with E-state index in [0.29, 0.717) is 5.69 Å². The molecule has 112 valence electrons. The summed E-state index contributed by atoms with van der Waals surface area (Å²) >= 11 is 6.59. The second-order valence-corrected chi connectivity index (χ2v) is 6.21. The van der Waals surface area contributed by atoms with Gasteiger partial charge >= 0.3 is 0 Å². The van der Waals surface area contributed by atoms with Gasteiger partial charge in [0, 0.05) is 30.9 Å². The third kappa shape index (κ3) is 4.68. The molecule has 0 aliphatic carbocycles. The molecule has 2 rings (SSSR count). The number of anilines is 1. The Labute approximate surface area is 132 Å². The minimum Gasteiger partial charge on any atom is -0.358 e. The number of likely N-dealkylation sites (tertiary alicyclic amines) is 1. The number of hydrogen-bond acceptors (Lipinski definition) is 5. The van der Waals surface area contributed by atoms with Crippen LogP contribution in [0.2, 0.25) is 0 Å². The summed E-state index contributed by atoms with van der Waals surface area (Å²) in [6.45, 7) is 1.91. The lowest BCUT2D eigenvalue weighted by atomic mass is 10.3. The molecule has 21 heavy (non-hydrogen) atoms. The van der Waals surface area contributed by atoms with Crippen LogP contribution in [0.15, 0.2) is 24.3 Å². The van der Waals surface area contributed by atoms with Crippen LogP contribution in [0, 0.1) is 10.1 Å². The van der Waals surface area contributed by atoms with Gasteiger partial charge in [-0.2, -0.15) is 0 Å². The van der Waals surface area contributed by atoms with Gasteiger partial charge in [0.15, 0.2) is 0 Å². The molecule has 1 saturated heterocycles. The first-order chi connectivity index (χ1) is 10.1. The van der Waals surface area contributed by atoms with E-state index in [2.05, 4.69) is 10.2 Å². The molecule has 1 heterocycles. The highest BCUT2D eigenvalue weighted by atomic mass is 32.2. The number of nitrogens with zero attached hydrogens (tertiary/aromatic N) is 2. The highest BCUT2D eigenvalue weighted by Crippen LogP contribution is 2.19. The predicted molar refractivity (Wildman–Crippen MR) is 87.6 cm³/mol. The normalized spacial score (nSPS) is 14.0. The summed E-state index contributed by atoms with van der Waals surface area (Å²) in [5, 5.41) is 13.3. The molecule has 0 saturated carbocycles. The first-order valence-electron chi connectivity index (χ1n) is 6.52. The van der Waals surface area contributed by atoms with Gasteiger partial charge < -0.3 is 10.2 Å². The Morgan fingerprint density at radius 2 is 2.14 bits per heavy atom. The van der Waals surface area contributed by atoms with Gasteiger partial charge in [-0.25, -0.2) is 0 Å². The van der Waals surface area contributed by atoms with Crippen LogP contribution in [0.25, 0.3) is 0 Å². The summed E-state index contributed by atoms with van der Waals surface area (Å²) in [5.41, 5.74) is 0.370. The Balaban J connectivity index is 1.82. The standard InChI is InChI=1S/C13H15N3O3S2/c17-12(9-21-13(20)15-6-1-2-7-15)14-10-4-3-5-11(8-10)16(18)19/h3-5,8H,1-2,6-7,9H2,(H,14,17). The molecule has 1 fully saturated rings. The molecule has 0 bridgehead atoms. The van der Waals surface area contributed by atoms with Crippen molar-refractivity contribution in [2.45, 2.75) is 12.8 Å². The molecule has 1 N–H and O–H groups in total. The number of nitro benzene ring substituents is 1. The van der Waals surface area contributed by atoms with Crippen LogP contribution in [0.5, 0.6) is 0 Å². The van der Waals surface area contributed by atoms with Crippen LogP contribution >= 0.6 is 24.0 Å².